The van der Waals surface area contributed by atoms with Crippen LogP contribution in [0.15, 0.2) is 0 Å². The highest BCUT2D eigenvalue weighted by molar-refractivity contribution is 6.57. The van der Waals surface area contributed by atoms with Crippen LogP contribution in [0.5, 0.6) is 0 Å². The quantitative estimate of drug-likeness (QED) is 0.673. The third-order valence-electron chi connectivity index (χ3n) is 3.72. The van der Waals surface area contributed by atoms with Crippen LogP contribution >= 0.6 is 0 Å². The minimum atomic E-state index is -2.65. The maximum Gasteiger partial charge on any atom is 0.599 e. The Kier molecular flexibility index (Phi) is 9.72. The van der Waals surface area contributed by atoms with E-state index in [1.54, 1.807) is 0 Å². The number of hydrogen-bond acceptors (Lipinski definition) is 4. The molecule has 0 aromatic rings. The highest BCUT2D eigenvalue weighted by Crippen LogP contribution is 2.20. The third kappa shape index (κ3) is 5.82. The lowest BCUT2D eigenvalue weighted by atomic mass is 10.1. The molecule has 5 heteroatoms. The number of nitrogens with zero attached hydrogens (tertiary/aromatic N) is 1. The SMILES string of the molecule is CCO[Si](OCC)(OCC)N1CCCCCCCCC1. The molecule has 1 aliphatic rings. The van der Waals surface area contributed by atoms with Gasteiger partial charge >= 0.3 is 8.97 Å². The van der Waals surface area contributed by atoms with Crippen molar-refractivity contribution in [2.24, 2.45) is 0 Å². The molecule has 120 valence electrons. The van der Waals surface area contributed by atoms with Gasteiger partial charge in [-0.2, -0.15) is 0 Å². The van der Waals surface area contributed by atoms with Gasteiger partial charge in [-0.3, -0.25) is 4.57 Å². The first-order chi connectivity index (χ1) is 9.79. The molecule has 0 unspecified atom stereocenters. The molecule has 1 heterocycles. The summed E-state index contributed by atoms with van der Waals surface area (Å²) in [5.41, 5.74) is 0. The highest BCUT2D eigenvalue weighted by Gasteiger charge is 2.48. The van der Waals surface area contributed by atoms with E-state index in [2.05, 4.69) is 4.57 Å². The van der Waals surface area contributed by atoms with Crippen molar-refractivity contribution in [3.63, 3.8) is 0 Å². The second kappa shape index (κ2) is 10.7. The highest BCUT2D eigenvalue weighted by atomic mass is 28.4. The summed E-state index contributed by atoms with van der Waals surface area (Å²) in [4.78, 5) is 0. The molecule has 0 atom stereocenters. The lowest BCUT2D eigenvalue weighted by Gasteiger charge is -2.38. The standard InChI is InChI=1S/C15H33NO3Si/c1-4-17-20(18-5-2,19-6-3)16-14-12-10-8-7-9-11-13-15-16/h4-15H2,1-3H3. The van der Waals surface area contributed by atoms with Crippen LogP contribution in [0.2, 0.25) is 0 Å². The van der Waals surface area contributed by atoms with Crippen LogP contribution in [0.3, 0.4) is 0 Å². The summed E-state index contributed by atoms with van der Waals surface area (Å²) >= 11 is 0. The van der Waals surface area contributed by atoms with Gasteiger partial charge in [0.25, 0.3) is 0 Å². The van der Waals surface area contributed by atoms with Crippen LogP contribution in [-0.2, 0) is 13.3 Å². The molecule has 0 saturated carbocycles. The minimum Gasteiger partial charge on any atom is -0.361 e. The van der Waals surface area contributed by atoms with Crippen molar-refractivity contribution in [2.45, 2.75) is 65.7 Å². The van der Waals surface area contributed by atoms with E-state index in [1.807, 2.05) is 20.8 Å². The van der Waals surface area contributed by atoms with Gasteiger partial charge in [0, 0.05) is 19.8 Å². The van der Waals surface area contributed by atoms with Crippen molar-refractivity contribution in [1.82, 2.24) is 4.57 Å². The zero-order valence-corrected chi connectivity index (χ0v) is 14.7. The Hall–Kier alpha value is 0.0569. The molecule has 1 fully saturated rings. The van der Waals surface area contributed by atoms with Crippen LogP contribution in [0.1, 0.15) is 65.7 Å². The molecule has 0 bridgehead atoms. The Labute approximate surface area is 126 Å². The van der Waals surface area contributed by atoms with Gasteiger partial charge in [0.2, 0.25) is 0 Å². The van der Waals surface area contributed by atoms with Gasteiger partial charge in [0.05, 0.1) is 0 Å². The molecular weight excluding hydrogens is 270 g/mol. The first kappa shape index (κ1) is 18.1. The van der Waals surface area contributed by atoms with Crippen LogP contribution in [0.4, 0.5) is 0 Å². The van der Waals surface area contributed by atoms with Gasteiger partial charge in [0.15, 0.2) is 0 Å². The van der Waals surface area contributed by atoms with Gasteiger partial charge in [-0.1, -0.05) is 32.1 Å². The van der Waals surface area contributed by atoms with Gasteiger partial charge < -0.3 is 13.3 Å². The Morgan fingerprint density at radius 1 is 0.650 bits per heavy atom. The largest absolute Gasteiger partial charge is 0.599 e. The van der Waals surface area contributed by atoms with Crippen molar-refractivity contribution in [2.75, 3.05) is 32.9 Å². The van der Waals surface area contributed by atoms with Crippen molar-refractivity contribution < 1.29 is 13.3 Å². The molecule has 0 N–H and O–H groups in total. The molecule has 0 spiro atoms. The first-order valence-electron chi connectivity index (χ1n) is 8.46. The van der Waals surface area contributed by atoms with Gasteiger partial charge in [-0.15, -0.1) is 0 Å². The topological polar surface area (TPSA) is 30.9 Å². The fourth-order valence-electron chi connectivity index (χ4n) is 2.82. The number of rotatable bonds is 7. The first-order valence-corrected chi connectivity index (χ1v) is 10.1. The van der Waals surface area contributed by atoms with Crippen LogP contribution < -0.4 is 0 Å². The smallest absolute Gasteiger partial charge is 0.361 e. The van der Waals surface area contributed by atoms with E-state index in [1.165, 1.54) is 44.9 Å². The zero-order chi connectivity index (χ0) is 14.7. The summed E-state index contributed by atoms with van der Waals surface area (Å²) in [6, 6.07) is 0. The molecule has 1 aliphatic heterocycles. The van der Waals surface area contributed by atoms with Crippen LogP contribution in [-0.4, -0.2) is 46.4 Å². The molecule has 0 aromatic heterocycles. The van der Waals surface area contributed by atoms with Crippen molar-refractivity contribution >= 4 is 8.97 Å². The molecule has 0 radical (unpaired) electrons. The lowest BCUT2D eigenvalue weighted by Crippen LogP contribution is -2.61. The number of hydrogen-bond donors (Lipinski definition) is 0. The fraction of sp³-hybridized carbons (Fsp3) is 1.00. The molecule has 20 heavy (non-hydrogen) atoms. The van der Waals surface area contributed by atoms with E-state index in [4.69, 9.17) is 13.3 Å². The van der Waals surface area contributed by atoms with Crippen LogP contribution in [0.25, 0.3) is 0 Å². The van der Waals surface area contributed by atoms with E-state index >= 15 is 0 Å². The summed E-state index contributed by atoms with van der Waals surface area (Å²) in [6.07, 6.45) is 9.19. The molecule has 1 saturated heterocycles. The summed E-state index contributed by atoms with van der Waals surface area (Å²) < 4.78 is 20.5. The Balaban J connectivity index is 2.75. The average Bonchev–Trinajstić information content (AvgIpc) is 2.45. The second-order valence-corrected chi connectivity index (χ2v) is 7.83. The van der Waals surface area contributed by atoms with E-state index < -0.39 is 8.97 Å². The molecule has 1 rings (SSSR count). The third-order valence-corrected chi connectivity index (χ3v) is 6.91. The zero-order valence-electron chi connectivity index (χ0n) is 13.7. The Morgan fingerprint density at radius 3 is 1.35 bits per heavy atom. The van der Waals surface area contributed by atoms with Gasteiger partial charge in [-0.05, 0) is 46.7 Å². The predicted octanol–water partition coefficient (Wildman–Crippen LogP) is 3.58. The van der Waals surface area contributed by atoms with E-state index in [0.29, 0.717) is 19.8 Å². The summed E-state index contributed by atoms with van der Waals surface area (Å²) in [5, 5.41) is 0. The summed E-state index contributed by atoms with van der Waals surface area (Å²) in [5.74, 6) is 0. The van der Waals surface area contributed by atoms with E-state index in [9.17, 15) is 0 Å². The monoisotopic (exact) mass is 303 g/mol. The molecular formula is C15H33NO3Si. The molecule has 0 amide bonds. The predicted molar refractivity (Wildman–Crippen MR) is 84.5 cm³/mol. The normalized spacial score (nSPS) is 19.9. The Bertz CT molecular complexity index is 214. The van der Waals surface area contributed by atoms with E-state index in [0.717, 1.165) is 13.1 Å². The average molecular weight is 304 g/mol. The van der Waals surface area contributed by atoms with Crippen molar-refractivity contribution in [3.05, 3.63) is 0 Å². The summed E-state index contributed by atoms with van der Waals surface area (Å²) in [6.45, 7) is 10.1. The molecule has 0 aromatic carbocycles. The van der Waals surface area contributed by atoms with Crippen molar-refractivity contribution in [3.8, 4) is 0 Å². The second-order valence-electron chi connectivity index (χ2n) is 5.28. The fourth-order valence-corrected chi connectivity index (χ4v) is 5.58. The lowest BCUT2D eigenvalue weighted by molar-refractivity contribution is 0.0154. The van der Waals surface area contributed by atoms with Crippen molar-refractivity contribution in [1.29, 1.82) is 0 Å². The van der Waals surface area contributed by atoms with Gasteiger partial charge in [-0.25, -0.2) is 0 Å². The molecule has 4 nitrogen and oxygen atoms in total. The maximum absolute atomic E-state index is 6.04. The minimum absolute atomic E-state index is 0.655. The van der Waals surface area contributed by atoms with Gasteiger partial charge in [0.1, 0.15) is 0 Å². The Morgan fingerprint density at radius 2 is 1.00 bits per heavy atom. The maximum atomic E-state index is 6.04. The summed E-state index contributed by atoms with van der Waals surface area (Å²) in [7, 11) is -2.65. The van der Waals surface area contributed by atoms with Crippen LogP contribution in [0, 0.1) is 0 Å². The van der Waals surface area contributed by atoms with E-state index in [-0.39, 0.29) is 0 Å². The molecule has 0 aliphatic carbocycles.